The van der Waals surface area contributed by atoms with E-state index in [9.17, 15) is 9.59 Å². The molecule has 0 bridgehead atoms. The van der Waals surface area contributed by atoms with Crippen LogP contribution in [-0.2, 0) is 6.54 Å². The Bertz CT molecular complexity index is 1250. The van der Waals surface area contributed by atoms with Crippen LogP contribution in [0.25, 0.3) is 11.3 Å². The molecule has 156 valence electrons. The van der Waals surface area contributed by atoms with Crippen LogP contribution < -0.4 is 5.32 Å². The van der Waals surface area contributed by atoms with Crippen LogP contribution >= 0.6 is 11.3 Å². The number of benzene rings is 1. The molecule has 0 atom stereocenters. The Morgan fingerprint density at radius 3 is 2.71 bits per heavy atom. The molecule has 5 rings (SSSR count). The number of amides is 1. The van der Waals surface area contributed by atoms with Crippen LogP contribution in [0.1, 0.15) is 56.6 Å². The molecular formula is C23H20N4O3S. The van der Waals surface area contributed by atoms with E-state index in [1.54, 1.807) is 24.0 Å². The number of hydrogen-bond donors (Lipinski definition) is 1. The maximum Gasteiger partial charge on any atom is 0.278 e. The van der Waals surface area contributed by atoms with Gasteiger partial charge in [0.1, 0.15) is 0 Å². The average molecular weight is 433 g/mol. The van der Waals surface area contributed by atoms with E-state index >= 15 is 0 Å². The molecular weight excluding hydrogens is 412 g/mol. The van der Waals surface area contributed by atoms with Crippen molar-refractivity contribution in [3.8, 4) is 11.3 Å². The highest BCUT2D eigenvalue weighted by Gasteiger charge is 2.32. The van der Waals surface area contributed by atoms with Crippen LogP contribution in [0.3, 0.4) is 0 Å². The Balaban J connectivity index is 1.34. The van der Waals surface area contributed by atoms with Crippen LogP contribution in [0.4, 0.5) is 5.69 Å². The molecule has 31 heavy (non-hydrogen) atoms. The fraction of sp³-hybridized carbons (Fsp3) is 0.217. The van der Waals surface area contributed by atoms with Crippen molar-refractivity contribution in [1.82, 2.24) is 14.8 Å². The van der Waals surface area contributed by atoms with Gasteiger partial charge in [0.2, 0.25) is 0 Å². The highest BCUT2D eigenvalue weighted by Crippen LogP contribution is 2.41. The van der Waals surface area contributed by atoms with Crippen molar-refractivity contribution in [2.45, 2.75) is 32.2 Å². The maximum absolute atomic E-state index is 13.0. The number of oxazole rings is 1. The lowest BCUT2D eigenvalue weighted by molar-refractivity contribution is 0.101. The molecule has 1 saturated carbocycles. The zero-order valence-corrected chi connectivity index (χ0v) is 17.7. The van der Waals surface area contributed by atoms with E-state index in [2.05, 4.69) is 15.4 Å². The predicted octanol–water partition coefficient (Wildman–Crippen LogP) is 4.98. The molecule has 0 spiro atoms. The Kier molecular flexibility index (Phi) is 4.99. The minimum Gasteiger partial charge on any atom is -0.440 e. The normalized spacial score (nSPS) is 13.3. The summed E-state index contributed by atoms with van der Waals surface area (Å²) in [6.45, 7) is 2.08. The summed E-state index contributed by atoms with van der Waals surface area (Å²) in [7, 11) is 0. The number of anilines is 1. The Hall–Kier alpha value is -3.52. The zero-order chi connectivity index (χ0) is 21.4. The number of nitrogens with zero attached hydrogens (tertiary/aromatic N) is 3. The van der Waals surface area contributed by atoms with Crippen LogP contribution in [-0.4, -0.2) is 26.5 Å². The average Bonchev–Trinajstić information content (AvgIpc) is 3.16. The van der Waals surface area contributed by atoms with Crippen molar-refractivity contribution in [3.63, 3.8) is 0 Å². The van der Waals surface area contributed by atoms with E-state index in [-0.39, 0.29) is 17.4 Å². The van der Waals surface area contributed by atoms with Gasteiger partial charge in [-0.15, -0.1) is 11.3 Å². The smallest absolute Gasteiger partial charge is 0.278 e. The van der Waals surface area contributed by atoms with Gasteiger partial charge < -0.3 is 9.73 Å². The fourth-order valence-corrected chi connectivity index (χ4v) is 4.19. The third-order valence-corrected chi connectivity index (χ3v) is 6.21. The van der Waals surface area contributed by atoms with E-state index in [4.69, 9.17) is 4.42 Å². The molecule has 3 aromatic heterocycles. The number of thiophene rings is 1. The minimum absolute atomic E-state index is 0.0528. The van der Waals surface area contributed by atoms with Crippen molar-refractivity contribution in [2.75, 3.05) is 5.32 Å². The molecule has 4 aromatic rings. The highest BCUT2D eigenvalue weighted by molar-refractivity contribution is 7.14. The molecule has 1 aliphatic carbocycles. The Morgan fingerprint density at radius 1 is 1.19 bits per heavy atom. The first-order valence-electron chi connectivity index (χ1n) is 10.1. The summed E-state index contributed by atoms with van der Waals surface area (Å²) in [6, 6.07) is 13.3. The first-order chi connectivity index (χ1) is 15.1. The minimum atomic E-state index is -0.330. The molecule has 0 radical (unpaired) electrons. The highest BCUT2D eigenvalue weighted by atomic mass is 32.1. The summed E-state index contributed by atoms with van der Waals surface area (Å²) < 4.78 is 7.69. The van der Waals surface area contributed by atoms with E-state index in [1.165, 1.54) is 11.3 Å². The summed E-state index contributed by atoms with van der Waals surface area (Å²) in [5, 5.41) is 7.19. The first-order valence-corrected chi connectivity index (χ1v) is 10.9. The Labute approximate surface area is 182 Å². The molecule has 8 heteroatoms. The molecule has 7 nitrogen and oxygen atoms in total. The second-order valence-electron chi connectivity index (χ2n) is 7.57. The number of aromatic nitrogens is 3. The third kappa shape index (κ3) is 4.20. The molecule has 1 aromatic carbocycles. The van der Waals surface area contributed by atoms with E-state index in [0.717, 1.165) is 28.2 Å². The van der Waals surface area contributed by atoms with Crippen molar-refractivity contribution in [2.24, 2.45) is 0 Å². The lowest BCUT2D eigenvalue weighted by atomic mass is 10.1. The van der Waals surface area contributed by atoms with Gasteiger partial charge in [0.05, 0.1) is 23.3 Å². The molecule has 1 fully saturated rings. The number of nitrogens with one attached hydrogen (secondary N) is 1. The van der Waals surface area contributed by atoms with Crippen molar-refractivity contribution in [1.29, 1.82) is 0 Å². The lowest BCUT2D eigenvalue weighted by Gasteiger charge is -2.02. The molecule has 1 aliphatic rings. The molecule has 0 aliphatic heterocycles. The van der Waals surface area contributed by atoms with E-state index in [1.807, 2.05) is 42.5 Å². The summed E-state index contributed by atoms with van der Waals surface area (Å²) in [5.74, 6) is 1.14. The summed E-state index contributed by atoms with van der Waals surface area (Å²) in [4.78, 5) is 30.7. The zero-order valence-electron chi connectivity index (χ0n) is 16.9. The number of carbonyl (C=O) groups excluding carboxylic acids is 2. The van der Waals surface area contributed by atoms with Crippen molar-refractivity contribution in [3.05, 3.63) is 76.2 Å². The van der Waals surface area contributed by atoms with Gasteiger partial charge >= 0.3 is 0 Å². The Morgan fingerprint density at radius 2 is 2.00 bits per heavy atom. The van der Waals surface area contributed by atoms with Crippen LogP contribution in [0, 0.1) is 0 Å². The van der Waals surface area contributed by atoms with Gasteiger partial charge in [0.15, 0.2) is 23.1 Å². The summed E-state index contributed by atoms with van der Waals surface area (Å²) in [5.41, 5.74) is 1.68. The van der Waals surface area contributed by atoms with E-state index < -0.39 is 0 Å². The molecule has 0 unspecified atom stereocenters. The van der Waals surface area contributed by atoms with Gasteiger partial charge in [-0.05, 0) is 31.9 Å². The summed E-state index contributed by atoms with van der Waals surface area (Å²) in [6.07, 6.45) is 5.43. The topological polar surface area (TPSA) is 90.0 Å². The third-order valence-electron chi connectivity index (χ3n) is 5.04. The number of ketones is 1. The van der Waals surface area contributed by atoms with Crippen molar-refractivity contribution >= 4 is 28.7 Å². The number of rotatable bonds is 7. The van der Waals surface area contributed by atoms with Crippen molar-refractivity contribution < 1.29 is 14.0 Å². The van der Waals surface area contributed by atoms with Gasteiger partial charge in [-0.1, -0.05) is 30.3 Å². The van der Waals surface area contributed by atoms with Gasteiger partial charge in [-0.25, -0.2) is 4.98 Å². The number of Topliss-reactive ketones (excluding diaryl/α,β-unsaturated/α-hetero) is 1. The second kappa shape index (κ2) is 7.96. The van der Waals surface area contributed by atoms with Crippen LogP contribution in [0.2, 0.25) is 0 Å². The molecule has 1 amide bonds. The molecule has 0 saturated heterocycles. The summed E-state index contributed by atoms with van der Waals surface area (Å²) >= 11 is 1.45. The maximum atomic E-state index is 13.0. The predicted molar refractivity (Wildman–Crippen MR) is 118 cm³/mol. The van der Waals surface area contributed by atoms with Crippen LogP contribution in [0.15, 0.2) is 59.3 Å². The van der Waals surface area contributed by atoms with Gasteiger partial charge in [0, 0.05) is 22.6 Å². The van der Waals surface area contributed by atoms with Gasteiger partial charge in [-0.2, -0.15) is 5.10 Å². The SMILES string of the molecule is CC(=O)c1ccc(Cn2cc(NC(=O)c3nc(C4CC4)oc3-c3ccccc3)cn2)s1. The van der Waals surface area contributed by atoms with Gasteiger partial charge in [0.25, 0.3) is 5.91 Å². The first kappa shape index (κ1) is 19.4. The number of hydrogen-bond acceptors (Lipinski definition) is 6. The molecule has 1 N–H and O–H groups in total. The molecule has 3 heterocycles. The van der Waals surface area contributed by atoms with Gasteiger partial charge in [-0.3, -0.25) is 14.3 Å². The lowest BCUT2D eigenvalue weighted by Crippen LogP contribution is -2.13. The quantitative estimate of drug-likeness (QED) is 0.416. The van der Waals surface area contributed by atoms with Crippen LogP contribution in [0.5, 0.6) is 0 Å². The fourth-order valence-electron chi connectivity index (χ4n) is 3.30. The monoisotopic (exact) mass is 432 g/mol. The van der Waals surface area contributed by atoms with E-state index in [0.29, 0.717) is 29.8 Å². The second-order valence-corrected chi connectivity index (χ2v) is 8.74. The number of carbonyl (C=O) groups is 2. The standard InChI is InChI=1S/C23H20N4O3S/c1-14(28)19-10-9-18(31-19)13-27-12-17(11-24-27)25-22(29)20-21(15-5-3-2-4-6-15)30-23(26-20)16-7-8-16/h2-6,9-12,16H,7-8,13H2,1H3,(H,25,29). The largest absolute Gasteiger partial charge is 0.440 e.